The van der Waals surface area contributed by atoms with Gasteiger partial charge in [0.2, 0.25) is 0 Å². The number of para-hydroxylation sites is 2. The number of rotatable bonds is 3. The van der Waals surface area contributed by atoms with Crippen molar-refractivity contribution in [1.82, 2.24) is 19.1 Å². The van der Waals surface area contributed by atoms with Crippen LogP contribution in [0.2, 0.25) is 0 Å². The predicted octanol–water partition coefficient (Wildman–Crippen LogP) is 8.14. The highest BCUT2D eigenvalue weighted by Gasteiger charge is 2.21. The van der Waals surface area contributed by atoms with Crippen LogP contribution >= 0.6 is 0 Å². The summed E-state index contributed by atoms with van der Waals surface area (Å²) in [6.07, 6.45) is 14.2. The van der Waals surface area contributed by atoms with Crippen molar-refractivity contribution >= 4 is 38.8 Å². The number of fused-ring (bicyclic) bond motifs is 6. The lowest BCUT2D eigenvalue weighted by atomic mass is 9.97. The zero-order valence-electron chi connectivity index (χ0n) is 20.8. The summed E-state index contributed by atoms with van der Waals surface area (Å²) < 4.78 is 4.79. The van der Waals surface area contributed by atoms with E-state index in [0.717, 1.165) is 24.2 Å². The van der Waals surface area contributed by atoms with Gasteiger partial charge in [0, 0.05) is 69.1 Å². The molecule has 4 heteroatoms. The summed E-state index contributed by atoms with van der Waals surface area (Å²) in [5.41, 5.74) is 11.1. The van der Waals surface area contributed by atoms with E-state index in [1.807, 2.05) is 24.8 Å². The molecule has 0 unspecified atom stereocenters. The molecule has 4 nitrogen and oxygen atoms in total. The predicted molar refractivity (Wildman–Crippen MR) is 156 cm³/mol. The molecule has 3 aromatic carbocycles. The fourth-order valence-corrected chi connectivity index (χ4v) is 6.19. The van der Waals surface area contributed by atoms with Gasteiger partial charge in [0.15, 0.2) is 0 Å². The second-order valence-electron chi connectivity index (χ2n) is 9.83. The third-order valence-electron chi connectivity index (χ3n) is 7.79. The molecule has 0 aliphatic heterocycles. The van der Waals surface area contributed by atoms with Gasteiger partial charge < -0.3 is 9.13 Å². The second-order valence-corrected chi connectivity index (χ2v) is 9.83. The van der Waals surface area contributed by atoms with Crippen molar-refractivity contribution in [3.05, 3.63) is 127 Å². The summed E-state index contributed by atoms with van der Waals surface area (Å²) in [5, 5.41) is 3.80. The number of pyridine rings is 2. The zero-order chi connectivity index (χ0) is 25.1. The standard InChI is InChI=1S/C34H24N4/c1-4-11-32-27(6-1)29-9-5-8-26(34(29)38(32)25-16-20-36-21-17-25)23-12-13-33-30(22-23)28-7-2-3-10-31(28)37(33)24-14-18-35-19-15-24/h1-2,4-9,11-22H,3,10H2. The minimum absolute atomic E-state index is 1.03. The lowest BCUT2D eigenvalue weighted by molar-refractivity contribution is 0.887. The van der Waals surface area contributed by atoms with Crippen LogP contribution in [0.15, 0.2) is 116 Å². The van der Waals surface area contributed by atoms with Crippen molar-refractivity contribution in [1.29, 1.82) is 0 Å². The Labute approximate surface area is 220 Å². The molecule has 7 aromatic rings. The molecule has 0 saturated heterocycles. The minimum atomic E-state index is 1.03. The zero-order valence-corrected chi connectivity index (χ0v) is 20.8. The average Bonchev–Trinajstić information content (AvgIpc) is 3.51. The Bertz CT molecular complexity index is 2010. The van der Waals surface area contributed by atoms with E-state index < -0.39 is 0 Å². The van der Waals surface area contributed by atoms with Crippen molar-refractivity contribution in [3.8, 4) is 22.5 Å². The lowest BCUT2D eigenvalue weighted by Gasteiger charge is -2.13. The smallest absolute Gasteiger partial charge is 0.0619 e. The Balaban J connectivity index is 1.44. The fourth-order valence-electron chi connectivity index (χ4n) is 6.19. The van der Waals surface area contributed by atoms with Crippen LogP contribution in [0, 0.1) is 0 Å². The van der Waals surface area contributed by atoms with Gasteiger partial charge in [-0.05, 0) is 60.9 Å². The minimum Gasteiger partial charge on any atom is -0.313 e. The molecule has 4 aromatic heterocycles. The van der Waals surface area contributed by atoms with Crippen LogP contribution in [-0.4, -0.2) is 19.1 Å². The number of benzene rings is 3. The highest BCUT2D eigenvalue weighted by Crippen LogP contribution is 2.40. The van der Waals surface area contributed by atoms with Gasteiger partial charge in [0.1, 0.15) is 0 Å². The van der Waals surface area contributed by atoms with Crippen LogP contribution in [0.25, 0.3) is 61.3 Å². The molecule has 0 atom stereocenters. The number of nitrogens with zero attached hydrogens (tertiary/aromatic N) is 4. The Hall–Kier alpha value is -4.96. The fraction of sp³-hybridized carbons (Fsp3) is 0.0588. The first kappa shape index (κ1) is 21.2. The maximum atomic E-state index is 4.27. The van der Waals surface area contributed by atoms with Crippen LogP contribution in [-0.2, 0) is 6.42 Å². The van der Waals surface area contributed by atoms with Crippen LogP contribution in [0.3, 0.4) is 0 Å². The number of aromatic nitrogens is 4. The molecular weight excluding hydrogens is 464 g/mol. The Morgan fingerprint density at radius 2 is 1.32 bits per heavy atom. The van der Waals surface area contributed by atoms with Gasteiger partial charge in [0.25, 0.3) is 0 Å². The first-order valence-electron chi connectivity index (χ1n) is 13.1. The molecule has 4 heterocycles. The summed E-state index contributed by atoms with van der Waals surface area (Å²) in [5.74, 6) is 0. The van der Waals surface area contributed by atoms with Gasteiger partial charge in [-0.1, -0.05) is 54.6 Å². The van der Waals surface area contributed by atoms with Gasteiger partial charge in [-0.25, -0.2) is 0 Å². The van der Waals surface area contributed by atoms with Crippen molar-refractivity contribution in [3.63, 3.8) is 0 Å². The van der Waals surface area contributed by atoms with E-state index >= 15 is 0 Å². The average molecular weight is 489 g/mol. The van der Waals surface area contributed by atoms with Crippen molar-refractivity contribution in [2.75, 3.05) is 0 Å². The molecule has 0 radical (unpaired) electrons. The van der Waals surface area contributed by atoms with Gasteiger partial charge >= 0.3 is 0 Å². The van der Waals surface area contributed by atoms with Crippen molar-refractivity contribution in [2.45, 2.75) is 12.8 Å². The van der Waals surface area contributed by atoms with E-state index in [0.29, 0.717) is 0 Å². The summed E-state index contributed by atoms with van der Waals surface area (Å²) in [6.45, 7) is 0. The summed E-state index contributed by atoms with van der Waals surface area (Å²) in [4.78, 5) is 8.52. The molecule has 0 fully saturated rings. The Kier molecular flexibility index (Phi) is 4.61. The Morgan fingerprint density at radius 1 is 0.605 bits per heavy atom. The molecule has 38 heavy (non-hydrogen) atoms. The van der Waals surface area contributed by atoms with Crippen LogP contribution < -0.4 is 0 Å². The van der Waals surface area contributed by atoms with Crippen molar-refractivity contribution in [2.24, 2.45) is 0 Å². The highest BCUT2D eigenvalue weighted by molar-refractivity contribution is 6.14. The topological polar surface area (TPSA) is 35.6 Å². The monoisotopic (exact) mass is 488 g/mol. The summed E-state index contributed by atoms with van der Waals surface area (Å²) in [7, 11) is 0. The first-order chi connectivity index (χ1) is 18.9. The molecule has 0 amide bonds. The first-order valence-corrected chi connectivity index (χ1v) is 13.1. The van der Waals surface area contributed by atoms with Crippen molar-refractivity contribution < 1.29 is 0 Å². The molecule has 0 bridgehead atoms. The van der Waals surface area contributed by atoms with E-state index in [-0.39, 0.29) is 0 Å². The SMILES string of the molecule is C1=Cc2c(n(-c3ccncc3)c3ccc(-c4cccc5c6ccccc6n(-c6ccncc6)c45)cc23)CC1. The summed E-state index contributed by atoms with van der Waals surface area (Å²) in [6, 6.07) is 30.6. The molecule has 0 N–H and O–H groups in total. The number of hydrogen-bond acceptors (Lipinski definition) is 2. The molecule has 180 valence electrons. The summed E-state index contributed by atoms with van der Waals surface area (Å²) >= 11 is 0. The molecular formula is C34H24N4. The van der Waals surface area contributed by atoms with E-state index in [4.69, 9.17) is 0 Å². The normalized spacial score (nSPS) is 12.9. The van der Waals surface area contributed by atoms with Gasteiger partial charge in [-0.3, -0.25) is 9.97 Å². The third-order valence-corrected chi connectivity index (χ3v) is 7.79. The lowest BCUT2D eigenvalue weighted by Crippen LogP contribution is -2.02. The second kappa shape index (κ2) is 8.29. The molecule has 1 aliphatic carbocycles. The van der Waals surface area contributed by atoms with Gasteiger partial charge in [-0.2, -0.15) is 0 Å². The van der Waals surface area contributed by atoms with Crippen LogP contribution in [0.4, 0.5) is 0 Å². The quantitative estimate of drug-likeness (QED) is 0.252. The third kappa shape index (κ3) is 3.04. The molecule has 1 aliphatic rings. The van der Waals surface area contributed by atoms with Crippen LogP contribution in [0.5, 0.6) is 0 Å². The number of hydrogen-bond donors (Lipinski definition) is 0. The van der Waals surface area contributed by atoms with E-state index in [9.17, 15) is 0 Å². The van der Waals surface area contributed by atoms with Gasteiger partial charge in [-0.15, -0.1) is 0 Å². The number of allylic oxidation sites excluding steroid dienone is 1. The maximum absolute atomic E-state index is 4.27. The molecule has 0 spiro atoms. The van der Waals surface area contributed by atoms with E-state index in [2.05, 4.69) is 116 Å². The van der Waals surface area contributed by atoms with E-state index in [1.54, 1.807) is 0 Å². The van der Waals surface area contributed by atoms with Crippen LogP contribution in [0.1, 0.15) is 17.7 Å². The largest absolute Gasteiger partial charge is 0.313 e. The molecule has 8 rings (SSSR count). The Morgan fingerprint density at radius 3 is 2.13 bits per heavy atom. The molecule has 0 saturated carbocycles. The maximum Gasteiger partial charge on any atom is 0.0619 e. The highest BCUT2D eigenvalue weighted by atomic mass is 15.0. The van der Waals surface area contributed by atoms with E-state index in [1.165, 1.54) is 55.1 Å². The van der Waals surface area contributed by atoms with Gasteiger partial charge in [0.05, 0.1) is 16.6 Å².